The maximum Gasteiger partial charge on any atom is 0.366 e. The number of esters is 5. The van der Waals surface area contributed by atoms with Gasteiger partial charge in [0.2, 0.25) is 5.91 Å². The lowest BCUT2D eigenvalue weighted by Gasteiger charge is -2.52. The summed E-state index contributed by atoms with van der Waals surface area (Å²) >= 11 is 0. The number of methoxy groups -OCH3 is 1. The third kappa shape index (κ3) is 21.4. The van der Waals surface area contributed by atoms with Crippen molar-refractivity contribution in [3.8, 4) is 0 Å². The second-order valence-electron chi connectivity index (χ2n) is 23.6. The monoisotopic (exact) mass is 1300 g/mol. The Morgan fingerprint density at radius 2 is 1.18 bits per heavy atom. The van der Waals surface area contributed by atoms with E-state index in [1.54, 1.807) is 0 Å². The summed E-state index contributed by atoms with van der Waals surface area (Å²) in [5.74, 6) is -8.88. The number of aliphatic hydroxyl groups is 1. The van der Waals surface area contributed by atoms with Crippen LogP contribution in [0.5, 0.6) is 0 Å². The van der Waals surface area contributed by atoms with E-state index >= 15 is 0 Å². The van der Waals surface area contributed by atoms with Crippen LogP contribution in [0.15, 0.2) is 126 Å². The Bertz CT molecular complexity index is 3040. The topological polar surface area (TPSA) is 322 Å². The van der Waals surface area contributed by atoms with Crippen molar-refractivity contribution in [1.82, 2.24) is 5.32 Å². The molecule has 0 saturated carbocycles. The first-order valence-electron chi connectivity index (χ1n) is 30.3. The standard InChI is InChI=1S/C65H84N4O22Si/c1-40(70)67-53-49(84-42(3)72)32-65(64(76)77-6,91-59(53)56(86-44(5)74)52(85-43(4)73)39-81-41(2)71)90-58-54(68-69-66)62(87-50(55(58)75)37-78-33-45-22-14-10-15-23-45)89-57-51(38-79-34-46-24-16-11-17-25-46)88-63(80-30-31-92(7,8)9)61(83-36-48-28-20-13-21-29-48)60(57)82-35-47-26-18-12-19-27-47/h10-29,49-63,75H,30-39H2,1-9H3,(H,67,70)/t49-,50+,51+,52+,53+,54+,55-,56+,57+,58+,59+,60-,61+,62-,63+,65+/m0/s1. The number of carbonyl (C=O) groups is 6. The molecule has 0 radical (unpaired) electrons. The molecule has 0 aliphatic carbocycles. The molecule has 0 unspecified atom stereocenters. The molecular formula is C65H84N4O22Si. The van der Waals surface area contributed by atoms with Crippen LogP contribution in [0.25, 0.3) is 10.4 Å². The predicted octanol–water partition coefficient (Wildman–Crippen LogP) is 6.73. The van der Waals surface area contributed by atoms with Gasteiger partial charge in [0.1, 0.15) is 67.6 Å². The number of nitrogens with zero attached hydrogens (tertiary/aromatic N) is 3. The van der Waals surface area contributed by atoms with Gasteiger partial charge in [0.15, 0.2) is 24.8 Å². The summed E-state index contributed by atoms with van der Waals surface area (Å²) in [6.45, 7) is 11.0. The fraction of sp³-hybridized carbons (Fsp3) is 0.538. The average Bonchev–Trinajstić information content (AvgIpc) is 0.753. The van der Waals surface area contributed by atoms with Gasteiger partial charge >= 0.3 is 29.8 Å². The molecule has 3 fully saturated rings. The van der Waals surface area contributed by atoms with Gasteiger partial charge in [0.05, 0.1) is 59.2 Å². The van der Waals surface area contributed by atoms with Crippen LogP contribution >= 0.6 is 0 Å². The molecule has 3 heterocycles. The minimum Gasteiger partial charge on any atom is -0.465 e. The summed E-state index contributed by atoms with van der Waals surface area (Å²) in [5.41, 5.74) is 13.8. The van der Waals surface area contributed by atoms with Gasteiger partial charge in [-0.1, -0.05) is 146 Å². The summed E-state index contributed by atoms with van der Waals surface area (Å²) in [4.78, 5) is 82.9. The Balaban J connectivity index is 1.40. The average molecular weight is 1300 g/mol. The summed E-state index contributed by atoms with van der Waals surface area (Å²) in [6.07, 6.45) is -21.3. The van der Waals surface area contributed by atoms with Crippen molar-refractivity contribution in [2.75, 3.05) is 33.5 Å². The molecule has 3 aliphatic rings. The van der Waals surface area contributed by atoms with Gasteiger partial charge in [-0.2, -0.15) is 0 Å². The molecule has 0 spiro atoms. The first-order chi connectivity index (χ1) is 44.1. The number of ether oxygens (including phenoxy) is 15. The van der Waals surface area contributed by atoms with Crippen molar-refractivity contribution in [2.45, 2.75) is 191 Å². The first-order valence-corrected chi connectivity index (χ1v) is 34.0. The van der Waals surface area contributed by atoms with Gasteiger partial charge in [0.25, 0.3) is 5.79 Å². The molecule has 92 heavy (non-hydrogen) atoms. The highest BCUT2D eigenvalue weighted by atomic mass is 28.3. The summed E-state index contributed by atoms with van der Waals surface area (Å²) < 4.78 is 95.7. The van der Waals surface area contributed by atoms with E-state index in [1.165, 1.54) is 0 Å². The molecule has 0 bridgehead atoms. The van der Waals surface area contributed by atoms with Gasteiger partial charge in [0, 0.05) is 54.2 Å². The van der Waals surface area contributed by atoms with E-state index in [2.05, 4.69) is 35.0 Å². The molecule has 0 aromatic heterocycles. The van der Waals surface area contributed by atoms with Gasteiger partial charge in [-0.05, 0) is 33.8 Å². The molecule has 26 nitrogen and oxygen atoms in total. The lowest BCUT2D eigenvalue weighted by molar-refractivity contribution is -0.375. The molecule has 2 N–H and O–H groups in total. The second-order valence-corrected chi connectivity index (χ2v) is 29.2. The van der Waals surface area contributed by atoms with Crippen molar-refractivity contribution in [3.05, 3.63) is 154 Å². The highest BCUT2D eigenvalue weighted by molar-refractivity contribution is 6.76. The number of azide groups is 1. The van der Waals surface area contributed by atoms with Crippen LogP contribution < -0.4 is 5.32 Å². The van der Waals surface area contributed by atoms with Crippen LogP contribution in [0.1, 0.15) is 63.3 Å². The van der Waals surface area contributed by atoms with Crippen LogP contribution in [-0.2, 0) is 126 Å². The van der Waals surface area contributed by atoms with E-state index in [4.69, 9.17) is 71.1 Å². The Morgan fingerprint density at radius 3 is 1.67 bits per heavy atom. The van der Waals surface area contributed by atoms with Gasteiger partial charge in [-0.15, -0.1) is 0 Å². The molecule has 1 amide bonds. The molecular weight excluding hydrogens is 1220 g/mol. The van der Waals surface area contributed by atoms with E-state index in [1.807, 2.05) is 121 Å². The number of hydrogen-bond donors (Lipinski definition) is 2. The molecule has 500 valence electrons. The fourth-order valence-corrected chi connectivity index (χ4v) is 11.5. The largest absolute Gasteiger partial charge is 0.465 e. The van der Waals surface area contributed by atoms with Crippen LogP contribution in [-0.4, -0.2) is 180 Å². The Morgan fingerprint density at radius 1 is 0.663 bits per heavy atom. The van der Waals surface area contributed by atoms with Gasteiger partial charge in [-0.3, -0.25) is 24.0 Å². The SMILES string of the molecule is COC(=O)[C@@]1(O[C@H]2[C@@H](O)[C@@H](COCc3ccccc3)O[C@@H](O[C@H]3[C@H](OCc4ccccc4)[C@@H](OCc4ccccc4)[C@H](OCC[Si](C)(C)C)O[C@@H]3COCc3ccccc3)[C@@H]2N=[N+]=[N-])C[C@H](OC(C)=O)[C@@H](NC(C)=O)[C@H]([C@H](OC(C)=O)[C@@H](COC(C)=O)OC(C)=O)O1. The fourth-order valence-electron chi connectivity index (χ4n) is 10.8. The zero-order valence-electron chi connectivity index (χ0n) is 53.1. The van der Waals surface area contributed by atoms with Crippen LogP contribution in [0.3, 0.4) is 0 Å². The van der Waals surface area contributed by atoms with Crippen LogP contribution in [0.2, 0.25) is 25.7 Å². The van der Waals surface area contributed by atoms with E-state index in [0.29, 0.717) is 6.61 Å². The Labute approximate surface area is 535 Å². The van der Waals surface area contributed by atoms with Gasteiger partial charge in [-0.25, -0.2) is 4.79 Å². The van der Waals surface area contributed by atoms with E-state index < -0.39 is 161 Å². The molecule has 3 saturated heterocycles. The van der Waals surface area contributed by atoms with Crippen molar-refractivity contribution >= 4 is 43.8 Å². The number of carbonyl (C=O) groups excluding carboxylic acids is 6. The first kappa shape index (κ1) is 72.2. The quantitative estimate of drug-likeness (QED) is 0.0128. The lowest BCUT2D eigenvalue weighted by Crippen LogP contribution is -2.71. The number of rotatable bonds is 32. The zero-order valence-corrected chi connectivity index (χ0v) is 54.1. The molecule has 7 rings (SSSR count). The summed E-state index contributed by atoms with van der Waals surface area (Å²) in [5, 5.41) is 19.7. The highest BCUT2D eigenvalue weighted by Crippen LogP contribution is 2.42. The summed E-state index contributed by atoms with van der Waals surface area (Å²) in [6, 6.07) is 34.6. The Hall–Kier alpha value is -7.21. The zero-order chi connectivity index (χ0) is 66.4. The summed E-state index contributed by atoms with van der Waals surface area (Å²) in [7, 11) is -0.747. The van der Waals surface area contributed by atoms with Crippen molar-refractivity contribution < 1.29 is 105 Å². The van der Waals surface area contributed by atoms with E-state index in [9.17, 15) is 39.4 Å². The minimum absolute atomic E-state index is 0.00184. The number of nitrogens with one attached hydrogen (secondary N) is 1. The maximum absolute atomic E-state index is 15.0. The Kier molecular flexibility index (Phi) is 27.6. The highest BCUT2D eigenvalue weighted by Gasteiger charge is 2.63. The third-order valence-corrected chi connectivity index (χ3v) is 16.7. The predicted molar refractivity (Wildman–Crippen MR) is 327 cm³/mol. The number of hydrogen-bond acceptors (Lipinski definition) is 23. The second kappa shape index (κ2) is 35.2. The lowest BCUT2D eigenvalue weighted by atomic mass is 9.87. The number of amides is 1. The molecule has 4 aromatic carbocycles. The van der Waals surface area contributed by atoms with Crippen LogP contribution in [0.4, 0.5) is 0 Å². The van der Waals surface area contributed by atoms with Gasteiger partial charge < -0.3 is 81.5 Å². The molecule has 16 atom stereocenters. The molecule has 3 aliphatic heterocycles. The molecule has 4 aromatic rings. The number of benzene rings is 4. The number of aliphatic hydroxyl groups excluding tert-OH is 1. The van der Waals surface area contributed by atoms with Crippen molar-refractivity contribution in [2.24, 2.45) is 5.11 Å². The minimum atomic E-state index is -2.96. The third-order valence-electron chi connectivity index (χ3n) is 15.0. The smallest absolute Gasteiger partial charge is 0.366 e. The van der Waals surface area contributed by atoms with Crippen molar-refractivity contribution in [3.63, 3.8) is 0 Å². The van der Waals surface area contributed by atoms with E-state index in [0.717, 1.165) is 70.0 Å². The normalized spacial score (nSPS) is 27.0. The van der Waals surface area contributed by atoms with E-state index in [-0.39, 0.29) is 33.0 Å². The maximum atomic E-state index is 15.0. The van der Waals surface area contributed by atoms with Crippen LogP contribution in [0, 0.1) is 0 Å². The van der Waals surface area contributed by atoms with Crippen molar-refractivity contribution in [1.29, 1.82) is 0 Å². The molecule has 27 heteroatoms.